The van der Waals surface area contributed by atoms with Crippen LogP contribution in [0.25, 0.3) is 11.0 Å². The fourth-order valence-corrected chi connectivity index (χ4v) is 4.92. The molecule has 3 heterocycles. The maximum Gasteiger partial charge on any atom is 0.225 e. The first-order valence-corrected chi connectivity index (χ1v) is 11.9. The summed E-state index contributed by atoms with van der Waals surface area (Å²) in [5.41, 5.74) is 3.40. The zero-order chi connectivity index (χ0) is 22.6. The number of nitrogens with zero attached hydrogens (tertiary/aromatic N) is 4. The molecule has 174 valence electrons. The number of piperidine rings is 1. The number of amides is 1. The van der Waals surface area contributed by atoms with E-state index in [0.717, 1.165) is 74.7 Å². The third kappa shape index (κ3) is 4.89. The second-order valence-electron chi connectivity index (χ2n) is 8.94. The van der Waals surface area contributed by atoms with Crippen LogP contribution in [-0.4, -0.2) is 71.8 Å². The maximum absolute atomic E-state index is 12.9. The highest BCUT2D eigenvalue weighted by Gasteiger charge is 2.30. The smallest absolute Gasteiger partial charge is 0.225 e. The van der Waals surface area contributed by atoms with Gasteiger partial charge in [-0.05, 0) is 55.8 Å². The van der Waals surface area contributed by atoms with Crippen molar-refractivity contribution in [1.29, 1.82) is 0 Å². The second kappa shape index (κ2) is 9.93. The van der Waals surface area contributed by atoms with E-state index in [1.54, 1.807) is 7.11 Å². The van der Waals surface area contributed by atoms with Crippen LogP contribution in [0.15, 0.2) is 48.5 Å². The normalized spacial score (nSPS) is 18.0. The number of rotatable bonds is 6. The molecule has 0 aliphatic carbocycles. The zero-order valence-electron chi connectivity index (χ0n) is 19.3. The first-order valence-electron chi connectivity index (χ1n) is 11.9. The van der Waals surface area contributed by atoms with Crippen molar-refractivity contribution in [3.8, 4) is 5.75 Å². The van der Waals surface area contributed by atoms with E-state index in [1.165, 1.54) is 5.56 Å². The molecule has 7 heteroatoms. The highest BCUT2D eigenvalue weighted by Crippen LogP contribution is 2.24. The fourth-order valence-electron chi connectivity index (χ4n) is 4.92. The van der Waals surface area contributed by atoms with Crippen LogP contribution in [0.5, 0.6) is 5.75 Å². The Morgan fingerprint density at radius 3 is 2.45 bits per heavy atom. The van der Waals surface area contributed by atoms with Crippen molar-refractivity contribution in [2.75, 3.05) is 46.5 Å². The molecule has 0 radical (unpaired) electrons. The molecule has 0 spiro atoms. The van der Waals surface area contributed by atoms with E-state index in [-0.39, 0.29) is 5.92 Å². The van der Waals surface area contributed by atoms with E-state index in [1.807, 2.05) is 23.1 Å². The molecule has 2 aromatic carbocycles. The SMILES string of the molecule is COc1ccc(Cn2c(CN3CCC(C(=O)N4CCOCC4)CC3)nc3ccccc32)cc1. The summed E-state index contributed by atoms with van der Waals surface area (Å²) in [7, 11) is 1.69. The van der Waals surface area contributed by atoms with Gasteiger partial charge in [0.25, 0.3) is 0 Å². The van der Waals surface area contributed by atoms with Gasteiger partial charge in [0.1, 0.15) is 11.6 Å². The second-order valence-corrected chi connectivity index (χ2v) is 8.94. The van der Waals surface area contributed by atoms with Gasteiger partial charge in [0.05, 0.1) is 37.9 Å². The summed E-state index contributed by atoms with van der Waals surface area (Å²) < 4.78 is 13.0. The first-order chi connectivity index (χ1) is 16.2. The van der Waals surface area contributed by atoms with Crippen LogP contribution >= 0.6 is 0 Å². The van der Waals surface area contributed by atoms with E-state index in [9.17, 15) is 4.79 Å². The number of hydrogen-bond donors (Lipinski definition) is 0. The number of methoxy groups -OCH3 is 1. The summed E-state index contributed by atoms with van der Waals surface area (Å²) in [5.74, 6) is 2.39. The van der Waals surface area contributed by atoms with Crippen molar-refractivity contribution in [3.05, 3.63) is 59.9 Å². The summed E-state index contributed by atoms with van der Waals surface area (Å²) in [6.07, 6.45) is 1.82. The van der Waals surface area contributed by atoms with Gasteiger partial charge in [0.15, 0.2) is 0 Å². The van der Waals surface area contributed by atoms with Crippen LogP contribution < -0.4 is 4.74 Å². The molecule has 33 heavy (non-hydrogen) atoms. The van der Waals surface area contributed by atoms with Gasteiger partial charge >= 0.3 is 0 Å². The van der Waals surface area contributed by atoms with Crippen LogP contribution in [0, 0.1) is 5.92 Å². The predicted molar refractivity (Wildman–Crippen MR) is 127 cm³/mol. The van der Waals surface area contributed by atoms with Crippen LogP contribution in [0.4, 0.5) is 0 Å². The van der Waals surface area contributed by atoms with Gasteiger partial charge in [-0.25, -0.2) is 4.98 Å². The monoisotopic (exact) mass is 448 g/mol. The molecule has 0 atom stereocenters. The lowest BCUT2D eigenvalue weighted by Gasteiger charge is -2.35. The number of fused-ring (bicyclic) bond motifs is 1. The predicted octanol–water partition coefficient (Wildman–Crippen LogP) is 3.16. The van der Waals surface area contributed by atoms with Crippen molar-refractivity contribution in [1.82, 2.24) is 19.4 Å². The van der Waals surface area contributed by atoms with Crippen molar-refractivity contribution in [2.45, 2.75) is 25.9 Å². The number of hydrogen-bond acceptors (Lipinski definition) is 5. The highest BCUT2D eigenvalue weighted by molar-refractivity contribution is 5.79. The van der Waals surface area contributed by atoms with E-state index >= 15 is 0 Å². The molecule has 5 rings (SSSR count). The van der Waals surface area contributed by atoms with Gasteiger partial charge in [-0.15, -0.1) is 0 Å². The molecule has 7 nitrogen and oxygen atoms in total. The minimum absolute atomic E-state index is 0.137. The van der Waals surface area contributed by atoms with Crippen molar-refractivity contribution in [2.24, 2.45) is 5.92 Å². The number of benzene rings is 2. The van der Waals surface area contributed by atoms with Gasteiger partial charge in [0.2, 0.25) is 5.91 Å². The molecule has 2 fully saturated rings. The number of morpholine rings is 1. The average Bonchev–Trinajstić information content (AvgIpc) is 3.22. The van der Waals surface area contributed by atoms with Gasteiger partial charge in [0, 0.05) is 25.6 Å². The quantitative estimate of drug-likeness (QED) is 0.580. The van der Waals surface area contributed by atoms with Crippen LogP contribution in [-0.2, 0) is 22.6 Å². The summed E-state index contributed by atoms with van der Waals surface area (Å²) in [6.45, 7) is 6.20. The van der Waals surface area contributed by atoms with Crippen LogP contribution in [0.3, 0.4) is 0 Å². The Kier molecular flexibility index (Phi) is 6.60. The molecule has 0 bridgehead atoms. The van der Waals surface area contributed by atoms with Gasteiger partial charge in [-0.2, -0.15) is 0 Å². The van der Waals surface area contributed by atoms with E-state index in [0.29, 0.717) is 19.1 Å². The maximum atomic E-state index is 12.9. The van der Waals surface area contributed by atoms with Crippen LogP contribution in [0.2, 0.25) is 0 Å². The Hall–Kier alpha value is -2.90. The molecule has 2 saturated heterocycles. The highest BCUT2D eigenvalue weighted by atomic mass is 16.5. The number of para-hydroxylation sites is 2. The Morgan fingerprint density at radius 1 is 1.00 bits per heavy atom. The summed E-state index contributed by atoms with van der Waals surface area (Å²) in [6, 6.07) is 16.6. The fraction of sp³-hybridized carbons (Fsp3) is 0.462. The van der Waals surface area contributed by atoms with E-state index in [2.05, 4.69) is 39.8 Å². The standard InChI is InChI=1S/C26H32N4O3/c1-32-22-8-6-20(7-9-22)18-30-24-5-3-2-4-23(24)27-25(30)19-28-12-10-21(11-13-28)26(31)29-14-16-33-17-15-29/h2-9,21H,10-19H2,1H3. The Balaban J connectivity index is 1.28. The lowest BCUT2D eigenvalue weighted by atomic mass is 9.95. The van der Waals surface area contributed by atoms with Gasteiger partial charge < -0.3 is 18.9 Å². The summed E-state index contributed by atoms with van der Waals surface area (Å²) in [4.78, 5) is 22.3. The topological polar surface area (TPSA) is 59.8 Å². The minimum Gasteiger partial charge on any atom is -0.497 e. The molecular weight excluding hydrogens is 416 g/mol. The first kappa shape index (κ1) is 21.9. The van der Waals surface area contributed by atoms with Crippen molar-refractivity contribution >= 4 is 16.9 Å². The largest absolute Gasteiger partial charge is 0.497 e. The Morgan fingerprint density at radius 2 is 1.73 bits per heavy atom. The molecule has 2 aliphatic rings. The molecule has 1 amide bonds. The number of imidazole rings is 1. The summed E-state index contributed by atoms with van der Waals surface area (Å²) in [5, 5.41) is 0. The molecule has 2 aliphatic heterocycles. The number of carbonyl (C=O) groups is 1. The number of likely N-dealkylation sites (tertiary alicyclic amines) is 1. The molecular formula is C26H32N4O3. The molecule has 1 aromatic heterocycles. The Bertz CT molecular complexity index is 1080. The lowest BCUT2D eigenvalue weighted by molar-refractivity contribution is -0.141. The van der Waals surface area contributed by atoms with Gasteiger partial charge in [-0.1, -0.05) is 24.3 Å². The third-order valence-electron chi connectivity index (χ3n) is 6.86. The number of carbonyl (C=O) groups excluding carboxylic acids is 1. The Labute approximate surface area is 194 Å². The molecule has 0 N–H and O–H groups in total. The van der Waals surface area contributed by atoms with E-state index < -0.39 is 0 Å². The minimum atomic E-state index is 0.137. The van der Waals surface area contributed by atoms with Crippen molar-refractivity contribution in [3.63, 3.8) is 0 Å². The number of ether oxygens (including phenoxy) is 2. The van der Waals surface area contributed by atoms with Crippen molar-refractivity contribution < 1.29 is 14.3 Å². The summed E-state index contributed by atoms with van der Waals surface area (Å²) >= 11 is 0. The average molecular weight is 449 g/mol. The lowest BCUT2D eigenvalue weighted by Crippen LogP contribution is -2.46. The molecule has 0 saturated carbocycles. The van der Waals surface area contributed by atoms with E-state index in [4.69, 9.17) is 14.5 Å². The molecule has 0 unspecified atom stereocenters. The van der Waals surface area contributed by atoms with Crippen LogP contribution in [0.1, 0.15) is 24.2 Å². The molecule has 3 aromatic rings. The zero-order valence-corrected chi connectivity index (χ0v) is 19.3. The van der Waals surface area contributed by atoms with Gasteiger partial charge in [-0.3, -0.25) is 9.69 Å². The third-order valence-corrected chi connectivity index (χ3v) is 6.86. The number of aromatic nitrogens is 2.